The molecule has 1 aromatic carbocycles. The summed E-state index contributed by atoms with van der Waals surface area (Å²) in [6.07, 6.45) is -0.375. The van der Waals surface area contributed by atoms with Crippen LogP contribution in [0.4, 0.5) is 0 Å². The average Bonchev–Trinajstić information content (AvgIpc) is 3.20. The predicted octanol–water partition coefficient (Wildman–Crippen LogP) is 3.55. The fourth-order valence-electron chi connectivity index (χ4n) is 2.62. The van der Waals surface area contributed by atoms with Crippen LogP contribution in [0, 0.1) is 20.8 Å². The summed E-state index contributed by atoms with van der Waals surface area (Å²) in [6, 6.07) is 9.75. The quantitative estimate of drug-likeness (QED) is 0.630. The van der Waals surface area contributed by atoms with Crippen LogP contribution in [0.1, 0.15) is 42.3 Å². The third-order valence-electron chi connectivity index (χ3n) is 4.03. The maximum absolute atomic E-state index is 12.1. The molecule has 0 bridgehead atoms. The Hall–Kier alpha value is -2.96. The minimum Gasteiger partial charge on any atom is -0.453 e. The summed E-state index contributed by atoms with van der Waals surface area (Å²) >= 11 is 0. The number of carbonyl (C=O) groups excluding carboxylic acids is 1. The van der Waals surface area contributed by atoms with Gasteiger partial charge in [0.1, 0.15) is 0 Å². The molecule has 2 heterocycles. The Morgan fingerprint density at radius 2 is 1.92 bits per heavy atom. The van der Waals surface area contributed by atoms with Crippen LogP contribution in [0.15, 0.2) is 34.7 Å². The molecule has 0 amide bonds. The van der Waals surface area contributed by atoms with Crippen LogP contribution in [0.25, 0.3) is 11.5 Å². The smallest absolute Gasteiger partial charge is 0.308 e. The molecule has 3 rings (SSSR count). The molecule has 0 saturated heterocycles. The standard InChI is InChI=1S/C19H22N4O3/c1-12-5-7-16(8-6-12)19-21-20-18(26-19)15(4)25-17(24)9-10-23-14(3)11-13(2)22-23/h5-8,11,15H,9-10H2,1-4H3. The zero-order valence-corrected chi connectivity index (χ0v) is 15.4. The first-order chi connectivity index (χ1) is 12.4. The van der Waals surface area contributed by atoms with Crippen LogP contribution in [0.3, 0.4) is 0 Å². The number of aryl methyl sites for hydroxylation is 4. The van der Waals surface area contributed by atoms with E-state index in [0.29, 0.717) is 12.4 Å². The zero-order chi connectivity index (χ0) is 18.7. The van der Waals surface area contributed by atoms with E-state index in [2.05, 4.69) is 15.3 Å². The molecule has 1 unspecified atom stereocenters. The first-order valence-corrected chi connectivity index (χ1v) is 8.53. The number of hydrogen-bond donors (Lipinski definition) is 0. The second-order valence-corrected chi connectivity index (χ2v) is 6.34. The number of aromatic nitrogens is 4. The Morgan fingerprint density at radius 1 is 1.19 bits per heavy atom. The number of nitrogens with zero attached hydrogens (tertiary/aromatic N) is 4. The van der Waals surface area contributed by atoms with Crippen LogP contribution in [0.5, 0.6) is 0 Å². The second-order valence-electron chi connectivity index (χ2n) is 6.34. The molecule has 7 heteroatoms. The highest BCUT2D eigenvalue weighted by Gasteiger charge is 2.19. The van der Waals surface area contributed by atoms with Crippen LogP contribution in [-0.2, 0) is 16.1 Å². The highest BCUT2D eigenvalue weighted by Crippen LogP contribution is 2.23. The van der Waals surface area contributed by atoms with Gasteiger partial charge in [0.2, 0.25) is 5.89 Å². The third-order valence-corrected chi connectivity index (χ3v) is 4.03. The van der Waals surface area contributed by atoms with Crippen molar-refractivity contribution in [3.63, 3.8) is 0 Å². The van der Waals surface area contributed by atoms with Crippen LogP contribution in [0.2, 0.25) is 0 Å². The highest BCUT2D eigenvalue weighted by atomic mass is 16.6. The van der Waals surface area contributed by atoms with Gasteiger partial charge in [0.25, 0.3) is 5.89 Å². The van der Waals surface area contributed by atoms with Crippen molar-refractivity contribution in [3.8, 4) is 11.5 Å². The molecule has 1 atom stereocenters. The maximum atomic E-state index is 12.1. The van der Waals surface area contributed by atoms with Gasteiger partial charge in [0, 0.05) is 11.3 Å². The van der Waals surface area contributed by atoms with Crippen molar-refractivity contribution in [2.75, 3.05) is 0 Å². The third kappa shape index (κ3) is 4.17. The van der Waals surface area contributed by atoms with Crippen molar-refractivity contribution >= 4 is 5.97 Å². The average molecular weight is 354 g/mol. The molecule has 3 aromatic rings. The summed E-state index contributed by atoms with van der Waals surface area (Å²) in [7, 11) is 0. The molecule has 0 fully saturated rings. The molecule has 136 valence electrons. The molecular weight excluding hydrogens is 332 g/mol. The lowest BCUT2D eigenvalue weighted by Gasteiger charge is -2.10. The Morgan fingerprint density at radius 3 is 2.58 bits per heavy atom. The van der Waals surface area contributed by atoms with E-state index in [1.54, 1.807) is 11.6 Å². The number of ether oxygens (including phenoxy) is 1. The normalized spacial score (nSPS) is 12.2. The minimum absolute atomic E-state index is 0.227. The van der Waals surface area contributed by atoms with Gasteiger partial charge < -0.3 is 9.15 Å². The van der Waals surface area contributed by atoms with Crippen molar-refractivity contribution in [2.45, 2.75) is 46.8 Å². The predicted molar refractivity (Wildman–Crippen MR) is 95.3 cm³/mol. The van der Waals surface area contributed by atoms with Crippen molar-refractivity contribution < 1.29 is 13.9 Å². The molecule has 0 aliphatic carbocycles. The van der Waals surface area contributed by atoms with Crippen molar-refractivity contribution in [3.05, 3.63) is 53.2 Å². The summed E-state index contributed by atoms with van der Waals surface area (Å²) < 4.78 is 12.8. The van der Waals surface area contributed by atoms with Gasteiger partial charge in [0.05, 0.1) is 18.7 Å². The van der Waals surface area contributed by atoms with Gasteiger partial charge in [0.15, 0.2) is 6.10 Å². The van der Waals surface area contributed by atoms with Gasteiger partial charge in [-0.1, -0.05) is 17.7 Å². The molecule has 0 spiro atoms. The summed E-state index contributed by atoms with van der Waals surface area (Å²) in [4.78, 5) is 12.1. The van der Waals surface area contributed by atoms with E-state index in [0.717, 1.165) is 22.5 Å². The molecule has 7 nitrogen and oxygen atoms in total. The summed E-state index contributed by atoms with van der Waals surface area (Å²) in [5, 5.41) is 12.4. The van der Waals surface area contributed by atoms with E-state index in [1.807, 2.05) is 51.1 Å². The molecular formula is C19H22N4O3. The number of hydrogen-bond acceptors (Lipinski definition) is 6. The topological polar surface area (TPSA) is 83.0 Å². The zero-order valence-electron chi connectivity index (χ0n) is 15.4. The number of esters is 1. The van der Waals surface area contributed by atoms with E-state index in [-0.39, 0.29) is 18.3 Å². The fraction of sp³-hybridized carbons (Fsp3) is 0.368. The van der Waals surface area contributed by atoms with Gasteiger partial charge in [-0.05, 0) is 45.9 Å². The van der Waals surface area contributed by atoms with Gasteiger partial charge in [-0.2, -0.15) is 5.10 Å². The Balaban J connectivity index is 1.57. The molecule has 0 saturated carbocycles. The van der Waals surface area contributed by atoms with E-state index >= 15 is 0 Å². The Labute approximate surface area is 152 Å². The minimum atomic E-state index is -0.602. The van der Waals surface area contributed by atoms with E-state index in [1.165, 1.54) is 0 Å². The van der Waals surface area contributed by atoms with E-state index < -0.39 is 6.10 Å². The van der Waals surface area contributed by atoms with Gasteiger partial charge in [-0.15, -0.1) is 10.2 Å². The maximum Gasteiger partial charge on any atom is 0.308 e. The SMILES string of the molecule is Cc1ccc(-c2nnc(C(C)OC(=O)CCn3nc(C)cc3C)o2)cc1. The number of carbonyl (C=O) groups is 1. The van der Waals surface area contributed by atoms with Gasteiger partial charge in [-0.3, -0.25) is 9.48 Å². The Kier molecular flexibility index (Phi) is 5.16. The van der Waals surface area contributed by atoms with Crippen molar-refractivity contribution in [1.82, 2.24) is 20.0 Å². The van der Waals surface area contributed by atoms with Gasteiger partial charge >= 0.3 is 5.97 Å². The van der Waals surface area contributed by atoms with E-state index in [4.69, 9.17) is 9.15 Å². The molecule has 26 heavy (non-hydrogen) atoms. The fourth-order valence-corrected chi connectivity index (χ4v) is 2.62. The molecule has 0 radical (unpaired) electrons. The number of benzene rings is 1. The van der Waals surface area contributed by atoms with Crippen LogP contribution < -0.4 is 0 Å². The van der Waals surface area contributed by atoms with Gasteiger partial charge in [-0.25, -0.2) is 0 Å². The first kappa shape index (κ1) is 17.8. The lowest BCUT2D eigenvalue weighted by Crippen LogP contribution is -2.13. The summed E-state index contributed by atoms with van der Waals surface area (Å²) in [5.41, 5.74) is 3.93. The van der Waals surface area contributed by atoms with E-state index in [9.17, 15) is 4.79 Å². The van der Waals surface area contributed by atoms with Crippen LogP contribution >= 0.6 is 0 Å². The van der Waals surface area contributed by atoms with Crippen molar-refractivity contribution in [2.24, 2.45) is 0 Å². The molecule has 0 aliphatic heterocycles. The summed E-state index contributed by atoms with van der Waals surface area (Å²) in [6.45, 7) is 8.08. The molecule has 2 aromatic heterocycles. The first-order valence-electron chi connectivity index (χ1n) is 8.53. The second kappa shape index (κ2) is 7.51. The lowest BCUT2D eigenvalue weighted by atomic mass is 10.1. The molecule has 0 aliphatic rings. The van der Waals surface area contributed by atoms with Crippen LogP contribution in [-0.4, -0.2) is 25.9 Å². The highest BCUT2D eigenvalue weighted by molar-refractivity contribution is 5.69. The monoisotopic (exact) mass is 354 g/mol. The Bertz CT molecular complexity index is 896. The van der Waals surface area contributed by atoms with Crippen molar-refractivity contribution in [1.29, 1.82) is 0 Å². The molecule has 0 N–H and O–H groups in total. The largest absolute Gasteiger partial charge is 0.453 e. The lowest BCUT2D eigenvalue weighted by molar-refractivity contribution is -0.150. The summed E-state index contributed by atoms with van der Waals surface area (Å²) in [5.74, 6) is 0.353. The number of rotatable bonds is 6.